The molecule has 0 saturated carbocycles. The van der Waals surface area contributed by atoms with Crippen LogP contribution in [0, 0.1) is 18.3 Å². The number of carbonyl (C=O) groups excluding carboxylic acids is 2. The summed E-state index contributed by atoms with van der Waals surface area (Å²) in [6, 6.07) is 16.8. The third-order valence-electron chi connectivity index (χ3n) is 3.71. The molecule has 1 aromatic heterocycles. The molecule has 0 aliphatic rings. The van der Waals surface area contributed by atoms with Gasteiger partial charge in [0.2, 0.25) is 0 Å². The fourth-order valence-corrected chi connectivity index (χ4v) is 2.82. The Morgan fingerprint density at radius 3 is 2.59 bits per heavy atom. The lowest BCUT2D eigenvalue weighted by Gasteiger charge is -2.07. The first-order chi connectivity index (χ1) is 14.0. The smallest absolute Gasteiger partial charge is 0.343 e. The molecule has 3 aromatic rings. The number of hydrogen-bond donors (Lipinski definition) is 1. The van der Waals surface area contributed by atoms with E-state index in [0.717, 1.165) is 0 Å². The minimum atomic E-state index is -0.614. The summed E-state index contributed by atoms with van der Waals surface area (Å²) in [6.45, 7) is 1.69. The zero-order valence-corrected chi connectivity index (χ0v) is 16.8. The molecular weight excluding hydrogens is 438 g/mol. The van der Waals surface area contributed by atoms with Crippen molar-refractivity contribution in [3.63, 3.8) is 0 Å². The topological polar surface area (TPSA) is 105 Å². The molecule has 0 fully saturated rings. The molecule has 0 aliphatic carbocycles. The zero-order chi connectivity index (χ0) is 20.8. The SMILES string of the molecule is Cc1cc(NC(=O)/C(C#N)=C\c2ccc(OC(=O)c3ccccc3)c(Br)c2)no1. The molecule has 0 unspecified atom stereocenters. The normalized spacial score (nSPS) is 10.9. The fourth-order valence-electron chi connectivity index (χ4n) is 2.35. The quantitative estimate of drug-likeness (QED) is 0.264. The maximum Gasteiger partial charge on any atom is 0.343 e. The van der Waals surface area contributed by atoms with Crippen LogP contribution in [0.25, 0.3) is 6.08 Å². The molecule has 0 radical (unpaired) electrons. The summed E-state index contributed by atoms with van der Waals surface area (Å²) in [5, 5.41) is 15.5. The van der Waals surface area contributed by atoms with Crippen molar-refractivity contribution in [3.8, 4) is 11.8 Å². The van der Waals surface area contributed by atoms with Gasteiger partial charge >= 0.3 is 5.97 Å². The molecule has 144 valence electrons. The first kappa shape index (κ1) is 20.0. The lowest BCUT2D eigenvalue weighted by Crippen LogP contribution is -2.13. The summed E-state index contributed by atoms with van der Waals surface area (Å²) >= 11 is 3.34. The van der Waals surface area contributed by atoms with Crippen LogP contribution in [0.3, 0.4) is 0 Å². The van der Waals surface area contributed by atoms with Crippen molar-refractivity contribution >= 4 is 39.7 Å². The van der Waals surface area contributed by atoms with Crippen LogP contribution in [-0.2, 0) is 4.79 Å². The van der Waals surface area contributed by atoms with Crippen LogP contribution >= 0.6 is 15.9 Å². The van der Waals surface area contributed by atoms with E-state index >= 15 is 0 Å². The van der Waals surface area contributed by atoms with Crippen molar-refractivity contribution in [2.75, 3.05) is 5.32 Å². The standard InChI is InChI=1S/C21H14BrN3O4/c1-13-9-19(25-29-13)24-20(26)16(12-23)10-14-7-8-18(17(22)11-14)28-21(27)15-5-3-2-4-6-15/h2-11H,1H3,(H,24,25,26)/b16-10-. The van der Waals surface area contributed by atoms with Crippen LogP contribution in [0.5, 0.6) is 5.75 Å². The van der Waals surface area contributed by atoms with E-state index in [9.17, 15) is 14.9 Å². The van der Waals surface area contributed by atoms with Crippen LogP contribution in [0.4, 0.5) is 5.82 Å². The molecule has 1 amide bonds. The molecule has 0 saturated heterocycles. The molecule has 1 heterocycles. The number of nitrogens with zero attached hydrogens (tertiary/aromatic N) is 2. The van der Waals surface area contributed by atoms with Gasteiger partial charge < -0.3 is 14.6 Å². The largest absolute Gasteiger partial charge is 0.422 e. The Bertz CT molecular complexity index is 1130. The third-order valence-corrected chi connectivity index (χ3v) is 4.33. The number of esters is 1. The number of rotatable bonds is 5. The lowest BCUT2D eigenvalue weighted by molar-refractivity contribution is -0.112. The Kier molecular flexibility index (Phi) is 6.22. The molecule has 29 heavy (non-hydrogen) atoms. The van der Waals surface area contributed by atoms with Gasteiger partial charge in [-0.05, 0) is 58.8 Å². The van der Waals surface area contributed by atoms with Crippen molar-refractivity contribution < 1.29 is 18.8 Å². The fraction of sp³-hybridized carbons (Fsp3) is 0.0476. The molecule has 2 aromatic carbocycles. The van der Waals surface area contributed by atoms with E-state index in [1.165, 1.54) is 6.08 Å². The van der Waals surface area contributed by atoms with E-state index in [-0.39, 0.29) is 11.4 Å². The van der Waals surface area contributed by atoms with Gasteiger partial charge in [-0.3, -0.25) is 4.79 Å². The van der Waals surface area contributed by atoms with E-state index in [2.05, 4.69) is 26.4 Å². The second-order valence-corrected chi connectivity index (χ2v) is 6.75. The maximum absolute atomic E-state index is 12.2. The Balaban J connectivity index is 1.75. The highest BCUT2D eigenvalue weighted by molar-refractivity contribution is 9.10. The summed E-state index contributed by atoms with van der Waals surface area (Å²) < 4.78 is 10.8. The van der Waals surface area contributed by atoms with Gasteiger partial charge in [0.15, 0.2) is 5.82 Å². The van der Waals surface area contributed by atoms with Crippen molar-refractivity contribution in [1.29, 1.82) is 5.26 Å². The Labute approximate surface area is 174 Å². The number of anilines is 1. The zero-order valence-electron chi connectivity index (χ0n) is 15.2. The predicted molar refractivity (Wildman–Crippen MR) is 109 cm³/mol. The van der Waals surface area contributed by atoms with Crippen LogP contribution in [0.1, 0.15) is 21.7 Å². The highest BCUT2D eigenvalue weighted by Gasteiger charge is 2.14. The molecule has 8 heteroatoms. The van der Waals surface area contributed by atoms with Gasteiger partial charge in [0.05, 0.1) is 10.0 Å². The third kappa shape index (κ3) is 5.18. The van der Waals surface area contributed by atoms with Crippen molar-refractivity contribution in [3.05, 3.63) is 81.5 Å². The number of carbonyl (C=O) groups is 2. The van der Waals surface area contributed by atoms with Crippen molar-refractivity contribution in [1.82, 2.24) is 5.16 Å². The second-order valence-electron chi connectivity index (χ2n) is 5.89. The number of hydrogen-bond acceptors (Lipinski definition) is 6. The molecule has 3 rings (SSSR count). The average Bonchev–Trinajstić information content (AvgIpc) is 3.13. The minimum absolute atomic E-state index is 0.119. The number of amides is 1. The number of halogens is 1. The maximum atomic E-state index is 12.2. The Morgan fingerprint density at radius 2 is 1.97 bits per heavy atom. The second kappa shape index (κ2) is 8.99. The molecule has 7 nitrogen and oxygen atoms in total. The van der Waals surface area contributed by atoms with Gasteiger partial charge in [-0.2, -0.15) is 5.26 Å². The van der Waals surface area contributed by atoms with Gasteiger partial charge in [0.1, 0.15) is 23.2 Å². The number of benzene rings is 2. The van der Waals surface area contributed by atoms with E-state index in [0.29, 0.717) is 27.1 Å². The van der Waals surface area contributed by atoms with Crippen LogP contribution in [0.2, 0.25) is 0 Å². The number of nitriles is 1. The van der Waals surface area contributed by atoms with Gasteiger partial charge in [0, 0.05) is 6.07 Å². The summed E-state index contributed by atoms with van der Waals surface area (Å²) in [4.78, 5) is 24.4. The van der Waals surface area contributed by atoms with Crippen LogP contribution in [0.15, 0.2) is 69.2 Å². The van der Waals surface area contributed by atoms with Crippen molar-refractivity contribution in [2.45, 2.75) is 6.92 Å². The first-order valence-corrected chi connectivity index (χ1v) is 9.19. The molecule has 0 atom stereocenters. The highest BCUT2D eigenvalue weighted by Crippen LogP contribution is 2.28. The minimum Gasteiger partial charge on any atom is -0.422 e. The van der Waals surface area contributed by atoms with E-state index in [4.69, 9.17) is 9.26 Å². The van der Waals surface area contributed by atoms with E-state index in [1.807, 2.05) is 6.07 Å². The van der Waals surface area contributed by atoms with E-state index < -0.39 is 11.9 Å². The number of ether oxygens (including phenoxy) is 1. The van der Waals surface area contributed by atoms with Gasteiger partial charge in [-0.1, -0.05) is 29.4 Å². The summed E-state index contributed by atoms with van der Waals surface area (Å²) in [6.07, 6.45) is 1.41. The Hall–Kier alpha value is -3.70. The van der Waals surface area contributed by atoms with Gasteiger partial charge in [0.25, 0.3) is 5.91 Å². The van der Waals surface area contributed by atoms with Gasteiger partial charge in [-0.15, -0.1) is 0 Å². The molecule has 1 N–H and O–H groups in total. The average molecular weight is 452 g/mol. The highest BCUT2D eigenvalue weighted by atomic mass is 79.9. The summed E-state index contributed by atoms with van der Waals surface area (Å²) in [5.41, 5.74) is 0.876. The predicted octanol–water partition coefficient (Wildman–Crippen LogP) is 4.51. The summed E-state index contributed by atoms with van der Waals surface area (Å²) in [7, 11) is 0. The number of aromatic nitrogens is 1. The van der Waals surface area contributed by atoms with E-state index in [1.54, 1.807) is 61.5 Å². The first-order valence-electron chi connectivity index (χ1n) is 8.39. The summed E-state index contributed by atoms with van der Waals surface area (Å²) in [5.74, 6) is -0.0338. The number of aryl methyl sites for hydroxylation is 1. The monoisotopic (exact) mass is 451 g/mol. The molecule has 0 spiro atoms. The molecule has 0 bridgehead atoms. The Morgan fingerprint density at radius 1 is 1.21 bits per heavy atom. The lowest BCUT2D eigenvalue weighted by atomic mass is 10.1. The molecular formula is C21H14BrN3O4. The number of nitrogens with one attached hydrogen (secondary N) is 1. The molecule has 0 aliphatic heterocycles. The van der Waals surface area contributed by atoms with Crippen LogP contribution in [-0.4, -0.2) is 17.0 Å². The van der Waals surface area contributed by atoms with Crippen molar-refractivity contribution in [2.24, 2.45) is 0 Å². The van der Waals surface area contributed by atoms with Gasteiger partial charge in [-0.25, -0.2) is 4.79 Å². The van der Waals surface area contributed by atoms with Crippen LogP contribution < -0.4 is 10.1 Å².